The lowest BCUT2D eigenvalue weighted by atomic mass is 9.87. The van der Waals surface area contributed by atoms with Crippen LogP contribution in [-0.2, 0) is 5.41 Å². The van der Waals surface area contributed by atoms with Gasteiger partial charge in [0.15, 0.2) is 0 Å². The molecule has 0 unspecified atom stereocenters. The molecule has 2 rings (SSSR count). The van der Waals surface area contributed by atoms with E-state index in [-0.39, 0.29) is 5.41 Å². The van der Waals surface area contributed by atoms with Gasteiger partial charge in [-0.05, 0) is 30.4 Å². The van der Waals surface area contributed by atoms with Crippen LogP contribution in [-0.4, -0.2) is 9.38 Å². The lowest BCUT2D eigenvalue weighted by Crippen LogP contribution is -2.12. The van der Waals surface area contributed by atoms with E-state index in [1.807, 2.05) is 6.92 Å². The van der Waals surface area contributed by atoms with Gasteiger partial charge in [0.05, 0.1) is 5.69 Å². The number of hydrogen-bond donors (Lipinski definition) is 0. The summed E-state index contributed by atoms with van der Waals surface area (Å²) in [6, 6.07) is 2.24. The minimum absolute atomic E-state index is 0.192. The smallest absolute Gasteiger partial charge is 0.139 e. The predicted octanol–water partition coefficient (Wildman–Crippen LogP) is 3.25. The molecule has 0 amide bonds. The Labute approximate surface area is 91.0 Å². The summed E-state index contributed by atoms with van der Waals surface area (Å²) >= 11 is 0. The monoisotopic (exact) mass is 202 g/mol. The molecule has 0 atom stereocenters. The van der Waals surface area contributed by atoms with Gasteiger partial charge in [0.2, 0.25) is 0 Å². The summed E-state index contributed by atoms with van der Waals surface area (Å²) in [5.74, 6) is 0. The largest absolute Gasteiger partial charge is 0.306 e. The molecule has 0 N–H and O–H groups in total. The SMILES string of the molecule is Cc1cn2cc(C(C)(C)C)cc(C)c2n1. The average molecular weight is 202 g/mol. The molecule has 2 nitrogen and oxygen atoms in total. The highest BCUT2D eigenvalue weighted by Crippen LogP contribution is 2.24. The normalized spacial score (nSPS) is 12.3. The van der Waals surface area contributed by atoms with E-state index in [4.69, 9.17) is 0 Å². The molecule has 80 valence electrons. The number of aryl methyl sites for hydroxylation is 2. The van der Waals surface area contributed by atoms with Crippen LogP contribution in [0.25, 0.3) is 5.65 Å². The zero-order chi connectivity index (χ0) is 11.2. The summed E-state index contributed by atoms with van der Waals surface area (Å²) in [6.45, 7) is 10.9. The van der Waals surface area contributed by atoms with Gasteiger partial charge in [-0.2, -0.15) is 0 Å². The van der Waals surface area contributed by atoms with Gasteiger partial charge in [-0.3, -0.25) is 0 Å². The number of rotatable bonds is 0. The first-order valence-electron chi connectivity index (χ1n) is 5.34. The first-order valence-corrected chi connectivity index (χ1v) is 5.34. The van der Waals surface area contributed by atoms with Crippen molar-refractivity contribution in [2.45, 2.75) is 40.0 Å². The van der Waals surface area contributed by atoms with Gasteiger partial charge in [-0.15, -0.1) is 0 Å². The van der Waals surface area contributed by atoms with E-state index >= 15 is 0 Å². The molecule has 0 spiro atoms. The van der Waals surface area contributed by atoms with E-state index in [2.05, 4.69) is 55.5 Å². The summed E-state index contributed by atoms with van der Waals surface area (Å²) in [7, 11) is 0. The van der Waals surface area contributed by atoms with Crippen molar-refractivity contribution in [3.63, 3.8) is 0 Å². The molecule has 15 heavy (non-hydrogen) atoms. The third-order valence-corrected chi connectivity index (χ3v) is 2.72. The molecule has 0 aliphatic carbocycles. The van der Waals surface area contributed by atoms with E-state index < -0.39 is 0 Å². The summed E-state index contributed by atoms with van der Waals surface area (Å²) in [4.78, 5) is 4.50. The second-order valence-electron chi connectivity index (χ2n) is 5.27. The number of hydrogen-bond acceptors (Lipinski definition) is 1. The third-order valence-electron chi connectivity index (χ3n) is 2.72. The molecular formula is C13H18N2. The zero-order valence-corrected chi connectivity index (χ0v) is 10.1. The molecule has 0 aliphatic rings. The van der Waals surface area contributed by atoms with Crippen LogP contribution in [0.1, 0.15) is 37.6 Å². The first kappa shape index (κ1) is 10.2. The number of aromatic nitrogens is 2. The fourth-order valence-electron chi connectivity index (χ4n) is 1.80. The highest BCUT2D eigenvalue weighted by Gasteiger charge is 2.15. The standard InChI is InChI=1S/C13H18N2/c1-9-6-11(13(3,4)5)8-15-7-10(2)14-12(9)15/h6-8H,1-5H3. The summed E-state index contributed by atoms with van der Waals surface area (Å²) in [5, 5.41) is 0. The molecule has 0 saturated heterocycles. The second kappa shape index (κ2) is 3.09. The first-order chi connectivity index (χ1) is 6.88. The van der Waals surface area contributed by atoms with Crippen LogP contribution in [0.2, 0.25) is 0 Å². The average Bonchev–Trinajstić information content (AvgIpc) is 2.44. The quantitative estimate of drug-likeness (QED) is 0.641. The molecule has 0 aromatic carbocycles. The highest BCUT2D eigenvalue weighted by atomic mass is 15.0. The molecule has 2 heteroatoms. The van der Waals surface area contributed by atoms with Gasteiger partial charge >= 0.3 is 0 Å². The maximum absolute atomic E-state index is 4.50. The van der Waals surface area contributed by atoms with Crippen molar-refractivity contribution in [3.05, 3.63) is 35.3 Å². The molecule has 0 aliphatic heterocycles. The minimum atomic E-state index is 0.192. The van der Waals surface area contributed by atoms with Crippen LogP contribution in [0, 0.1) is 13.8 Å². The van der Waals surface area contributed by atoms with E-state index in [1.54, 1.807) is 0 Å². The Kier molecular flexibility index (Phi) is 2.10. The molecular weight excluding hydrogens is 184 g/mol. The Morgan fingerprint density at radius 3 is 2.40 bits per heavy atom. The van der Waals surface area contributed by atoms with E-state index in [0.717, 1.165) is 11.3 Å². The van der Waals surface area contributed by atoms with Crippen molar-refractivity contribution in [3.8, 4) is 0 Å². The molecule has 0 bridgehead atoms. The van der Waals surface area contributed by atoms with Gasteiger partial charge in [-0.25, -0.2) is 4.98 Å². The lowest BCUT2D eigenvalue weighted by Gasteiger charge is -2.19. The van der Waals surface area contributed by atoms with Crippen LogP contribution < -0.4 is 0 Å². The van der Waals surface area contributed by atoms with Crippen LogP contribution in [0.15, 0.2) is 18.5 Å². The second-order valence-corrected chi connectivity index (χ2v) is 5.27. The van der Waals surface area contributed by atoms with Crippen LogP contribution in [0.3, 0.4) is 0 Å². The maximum Gasteiger partial charge on any atom is 0.139 e. The Bertz CT molecular complexity index is 501. The van der Waals surface area contributed by atoms with Crippen molar-refractivity contribution in [2.24, 2.45) is 0 Å². The van der Waals surface area contributed by atoms with Gasteiger partial charge in [-0.1, -0.05) is 26.8 Å². The molecule has 0 radical (unpaired) electrons. The van der Waals surface area contributed by atoms with Crippen LogP contribution in [0.4, 0.5) is 0 Å². The molecule has 0 fully saturated rings. The number of pyridine rings is 1. The number of fused-ring (bicyclic) bond motifs is 1. The fourth-order valence-corrected chi connectivity index (χ4v) is 1.80. The van der Waals surface area contributed by atoms with Gasteiger partial charge in [0, 0.05) is 12.4 Å². The fraction of sp³-hybridized carbons (Fsp3) is 0.462. The maximum atomic E-state index is 4.50. The Balaban J connectivity index is 2.72. The summed E-state index contributed by atoms with van der Waals surface area (Å²) in [6.07, 6.45) is 4.26. The summed E-state index contributed by atoms with van der Waals surface area (Å²) in [5.41, 5.74) is 4.93. The Hall–Kier alpha value is -1.31. The molecule has 0 saturated carbocycles. The van der Waals surface area contributed by atoms with E-state index in [9.17, 15) is 0 Å². The third kappa shape index (κ3) is 1.76. The van der Waals surface area contributed by atoms with Crippen LogP contribution in [0.5, 0.6) is 0 Å². The highest BCUT2D eigenvalue weighted by molar-refractivity contribution is 5.50. The summed E-state index contributed by atoms with van der Waals surface area (Å²) < 4.78 is 2.13. The number of nitrogens with zero attached hydrogens (tertiary/aromatic N) is 2. The van der Waals surface area contributed by atoms with Crippen molar-refractivity contribution in [1.82, 2.24) is 9.38 Å². The Morgan fingerprint density at radius 2 is 1.80 bits per heavy atom. The topological polar surface area (TPSA) is 17.3 Å². The van der Waals surface area contributed by atoms with Crippen LogP contribution >= 0.6 is 0 Å². The molecule has 2 aromatic heterocycles. The van der Waals surface area contributed by atoms with Gasteiger partial charge in [0.1, 0.15) is 5.65 Å². The zero-order valence-electron chi connectivity index (χ0n) is 10.1. The number of imidazole rings is 1. The molecule has 2 heterocycles. The minimum Gasteiger partial charge on any atom is -0.306 e. The van der Waals surface area contributed by atoms with Gasteiger partial charge < -0.3 is 4.40 Å². The van der Waals surface area contributed by atoms with Crippen molar-refractivity contribution < 1.29 is 0 Å². The van der Waals surface area contributed by atoms with Crippen molar-refractivity contribution in [1.29, 1.82) is 0 Å². The van der Waals surface area contributed by atoms with Crippen molar-refractivity contribution in [2.75, 3.05) is 0 Å². The van der Waals surface area contributed by atoms with E-state index in [0.29, 0.717) is 0 Å². The Morgan fingerprint density at radius 1 is 1.13 bits per heavy atom. The predicted molar refractivity (Wildman–Crippen MR) is 63.4 cm³/mol. The molecule has 2 aromatic rings. The van der Waals surface area contributed by atoms with Crippen molar-refractivity contribution >= 4 is 5.65 Å². The lowest BCUT2D eigenvalue weighted by molar-refractivity contribution is 0.586. The van der Waals surface area contributed by atoms with Gasteiger partial charge in [0.25, 0.3) is 0 Å². The van der Waals surface area contributed by atoms with E-state index in [1.165, 1.54) is 11.1 Å².